The van der Waals surface area contributed by atoms with E-state index in [1.807, 2.05) is 12.1 Å². The molecule has 2 unspecified atom stereocenters. The number of fused-ring (bicyclic) bond motifs is 1. The van der Waals surface area contributed by atoms with Crippen LogP contribution in [0.15, 0.2) is 66.7 Å². The highest BCUT2D eigenvalue weighted by Crippen LogP contribution is 2.49. The quantitative estimate of drug-likeness (QED) is 0.164. The highest BCUT2D eigenvalue weighted by molar-refractivity contribution is 5.48. The van der Waals surface area contributed by atoms with Crippen LogP contribution in [0.1, 0.15) is 67.7 Å². The second-order valence-corrected chi connectivity index (χ2v) is 10.4. The highest BCUT2D eigenvalue weighted by atomic mass is 16.7. The van der Waals surface area contributed by atoms with Crippen LogP contribution in [0.5, 0.6) is 17.2 Å². The molecule has 0 radical (unpaired) electrons. The molecule has 4 rings (SSSR count). The third-order valence-corrected chi connectivity index (χ3v) is 7.53. The van der Waals surface area contributed by atoms with Crippen LogP contribution in [0, 0.1) is 0 Å². The maximum Gasteiger partial charge on any atom is 0.188 e. The van der Waals surface area contributed by atoms with Crippen LogP contribution < -0.4 is 14.2 Å². The second kappa shape index (κ2) is 13.7. The largest absolute Gasteiger partial charge is 0.494 e. The summed E-state index contributed by atoms with van der Waals surface area (Å²) in [5, 5.41) is 0. The Kier molecular flexibility index (Phi) is 10.1. The summed E-state index contributed by atoms with van der Waals surface area (Å²) < 4.78 is 28.2. The zero-order chi connectivity index (χ0) is 26.8. The fraction of sp³-hybridized carbons (Fsp3) is 0.455. The topological polar surface area (TPSA) is 46.2 Å². The number of unbranched alkanes of at least 4 members (excludes halogenated alkanes) is 1. The predicted octanol–water partition coefficient (Wildman–Crippen LogP) is 7.45. The van der Waals surface area contributed by atoms with Crippen molar-refractivity contribution in [1.29, 1.82) is 0 Å². The van der Waals surface area contributed by atoms with Crippen LogP contribution in [0.2, 0.25) is 0 Å². The van der Waals surface area contributed by atoms with Gasteiger partial charge in [-0.25, -0.2) is 0 Å². The lowest BCUT2D eigenvalue weighted by Gasteiger charge is -2.43. The average molecular weight is 519 g/mol. The minimum Gasteiger partial charge on any atom is -0.494 e. The molecule has 3 aromatic carbocycles. The van der Waals surface area contributed by atoms with E-state index in [0.717, 1.165) is 56.0 Å². The van der Waals surface area contributed by atoms with Crippen molar-refractivity contribution in [2.75, 3.05) is 34.2 Å². The molecule has 0 fully saturated rings. The van der Waals surface area contributed by atoms with Gasteiger partial charge in [-0.1, -0.05) is 62.7 Å². The monoisotopic (exact) mass is 518 g/mol. The van der Waals surface area contributed by atoms with E-state index in [4.69, 9.17) is 23.7 Å². The molecule has 0 amide bonds. The molecule has 38 heavy (non-hydrogen) atoms. The zero-order valence-electron chi connectivity index (χ0n) is 23.3. The van der Waals surface area contributed by atoms with Gasteiger partial charge in [-0.3, -0.25) is 0 Å². The maximum absolute atomic E-state index is 6.38. The van der Waals surface area contributed by atoms with Gasteiger partial charge in [0.1, 0.15) is 17.2 Å². The average Bonchev–Trinajstić information content (AvgIpc) is 2.95. The van der Waals surface area contributed by atoms with E-state index in [2.05, 4.69) is 68.4 Å². The third kappa shape index (κ3) is 6.89. The van der Waals surface area contributed by atoms with E-state index in [1.54, 1.807) is 14.2 Å². The molecule has 0 N–H and O–H groups in total. The molecule has 1 heterocycles. The van der Waals surface area contributed by atoms with Crippen molar-refractivity contribution in [1.82, 2.24) is 0 Å². The lowest BCUT2D eigenvalue weighted by atomic mass is 9.66. The van der Waals surface area contributed by atoms with E-state index in [-0.39, 0.29) is 12.2 Å². The number of ether oxygens (including phenoxy) is 5. The summed E-state index contributed by atoms with van der Waals surface area (Å²) in [5.74, 6) is 2.97. The van der Waals surface area contributed by atoms with Crippen molar-refractivity contribution in [3.8, 4) is 17.2 Å². The van der Waals surface area contributed by atoms with E-state index in [1.165, 1.54) is 22.3 Å². The van der Waals surface area contributed by atoms with Gasteiger partial charge in [-0.05, 0) is 66.1 Å². The zero-order valence-corrected chi connectivity index (χ0v) is 23.3. The first-order chi connectivity index (χ1) is 18.6. The van der Waals surface area contributed by atoms with Crippen molar-refractivity contribution in [3.63, 3.8) is 0 Å². The molecule has 0 aromatic heterocycles. The fourth-order valence-corrected chi connectivity index (χ4v) is 5.37. The van der Waals surface area contributed by atoms with Gasteiger partial charge in [-0.2, -0.15) is 0 Å². The Balaban J connectivity index is 1.49. The van der Waals surface area contributed by atoms with Gasteiger partial charge in [0.15, 0.2) is 6.79 Å². The van der Waals surface area contributed by atoms with Crippen LogP contribution in [-0.2, 0) is 27.9 Å². The first-order valence-corrected chi connectivity index (χ1v) is 13.8. The van der Waals surface area contributed by atoms with E-state index in [0.29, 0.717) is 19.1 Å². The van der Waals surface area contributed by atoms with E-state index >= 15 is 0 Å². The normalized spacial score (nSPS) is 18.5. The molecular weight excluding hydrogens is 476 g/mol. The van der Waals surface area contributed by atoms with Gasteiger partial charge in [0, 0.05) is 31.6 Å². The van der Waals surface area contributed by atoms with Crippen molar-refractivity contribution in [2.24, 2.45) is 0 Å². The number of methoxy groups -OCH3 is 2. The summed E-state index contributed by atoms with van der Waals surface area (Å²) >= 11 is 0. The Bertz CT molecular complexity index is 1130. The van der Waals surface area contributed by atoms with Gasteiger partial charge in [-0.15, -0.1) is 0 Å². The van der Waals surface area contributed by atoms with Crippen LogP contribution >= 0.6 is 0 Å². The van der Waals surface area contributed by atoms with Crippen molar-refractivity contribution in [2.45, 2.75) is 63.9 Å². The molecule has 5 heteroatoms. The van der Waals surface area contributed by atoms with Gasteiger partial charge < -0.3 is 23.7 Å². The van der Waals surface area contributed by atoms with Gasteiger partial charge in [0.2, 0.25) is 0 Å². The van der Waals surface area contributed by atoms with Crippen LogP contribution in [0.3, 0.4) is 0 Å². The molecule has 2 atom stereocenters. The smallest absolute Gasteiger partial charge is 0.188 e. The van der Waals surface area contributed by atoms with Crippen molar-refractivity contribution in [3.05, 3.63) is 89.0 Å². The van der Waals surface area contributed by atoms with Crippen molar-refractivity contribution < 1.29 is 23.7 Å². The van der Waals surface area contributed by atoms with Crippen molar-refractivity contribution >= 4 is 0 Å². The maximum atomic E-state index is 6.38. The number of rotatable bonds is 14. The van der Waals surface area contributed by atoms with Crippen LogP contribution in [0.4, 0.5) is 0 Å². The third-order valence-electron chi connectivity index (χ3n) is 7.53. The summed E-state index contributed by atoms with van der Waals surface area (Å²) in [4.78, 5) is 0. The summed E-state index contributed by atoms with van der Waals surface area (Å²) in [7, 11) is 3.36. The number of hydrogen-bond acceptors (Lipinski definition) is 5. The van der Waals surface area contributed by atoms with Gasteiger partial charge in [0.25, 0.3) is 0 Å². The lowest BCUT2D eigenvalue weighted by molar-refractivity contribution is 0.0506. The Morgan fingerprint density at radius 1 is 0.842 bits per heavy atom. The number of hydrogen-bond donors (Lipinski definition) is 0. The Morgan fingerprint density at radius 3 is 2.29 bits per heavy atom. The minimum absolute atomic E-state index is 0.133. The Hall–Kier alpha value is -3.02. The fourth-order valence-electron chi connectivity index (χ4n) is 5.37. The summed E-state index contributed by atoms with van der Waals surface area (Å²) in [6, 6.07) is 23.6. The first kappa shape index (κ1) is 28.0. The molecule has 1 aliphatic rings. The molecule has 5 nitrogen and oxygen atoms in total. The molecule has 0 bridgehead atoms. The molecule has 0 saturated heterocycles. The van der Waals surface area contributed by atoms with Crippen LogP contribution in [0.25, 0.3) is 0 Å². The summed E-state index contributed by atoms with van der Waals surface area (Å²) in [5.41, 5.74) is 4.96. The molecule has 1 aliphatic heterocycles. The van der Waals surface area contributed by atoms with Gasteiger partial charge >= 0.3 is 0 Å². The molecule has 0 spiro atoms. The number of aryl methyl sites for hydroxylation is 1. The standard InChI is InChI=1S/C33H42O5/c1-5-20-36-28-16-12-25(13-17-28)8-6-7-9-31-30-19-18-29(38-24-35-4)21-32(30)37-23-33(31,2)27-14-10-26(11-15-27)22-34-3/h10-19,21,31H,5-9,20,22-24H2,1-4H3. The first-order valence-electron chi connectivity index (χ1n) is 13.8. The molecule has 0 aliphatic carbocycles. The summed E-state index contributed by atoms with van der Waals surface area (Å²) in [6.45, 7) is 6.70. The van der Waals surface area contributed by atoms with E-state index < -0.39 is 0 Å². The predicted molar refractivity (Wildman–Crippen MR) is 151 cm³/mol. The Morgan fingerprint density at radius 2 is 1.58 bits per heavy atom. The minimum atomic E-state index is -0.133. The number of benzene rings is 3. The molecule has 204 valence electrons. The molecular formula is C33H42O5. The van der Waals surface area contributed by atoms with Crippen LogP contribution in [-0.4, -0.2) is 34.2 Å². The van der Waals surface area contributed by atoms with Gasteiger partial charge in [0.05, 0.1) is 19.8 Å². The molecule has 3 aromatic rings. The SMILES string of the molecule is CCCOc1ccc(CCCCC2c3ccc(OCOC)cc3OCC2(C)c2ccc(COC)cc2)cc1. The Labute approximate surface area is 228 Å². The summed E-state index contributed by atoms with van der Waals surface area (Å²) in [6.07, 6.45) is 5.45. The lowest BCUT2D eigenvalue weighted by Crippen LogP contribution is -2.40. The molecule has 0 saturated carbocycles. The second-order valence-electron chi connectivity index (χ2n) is 10.4. The highest BCUT2D eigenvalue weighted by Gasteiger charge is 2.42. The van der Waals surface area contributed by atoms with E-state index in [9.17, 15) is 0 Å².